The highest BCUT2D eigenvalue weighted by Crippen LogP contribution is 2.42. The summed E-state index contributed by atoms with van der Waals surface area (Å²) in [6.45, 7) is 1.23. The molecule has 4 rings (SSSR count). The largest absolute Gasteiger partial charge is 0.356 e. The Kier molecular flexibility index (Phi) is 10.9. The van der Waals surface area contributed by atoms with Gasteiger partial charge in [-0.25, -0.2) is 0 Å². The number of hydrogen-bond donors (Lipinski definition) is 2. The van der Waals surface area contributed by atoms with Crippen molar-refractivity contribution in [3.63, 3.8) is 0 Å². The van der Waals surface area contributed by atoms with Crippen LogP contribution in [0.25, 0.3) is 0 Å². The smallest absolute Gasteiger partial charge is 0.267 e. The first kappa shape index (κ1) is 29.9. The van der Waals surface area contributed by atoms with Crippen LogP contribution in [0.3, 0.4) is 0 Å². The van der Waals surface area contributed by atoms with Crippen molar-refractivity contribution in [2.45, 2.75) is 25.7 Å². The van der Waals surface area contributed by atoms with E-state index in [2.05, 4.69) is 10.6 Å². The van der Waals surface area contributed by atoms with Crippen LogP contribution in [-0.2, 0) is 32.0 Å². The van der Waals surface area contributed by atoms with Crippen molar-refractivity contribution in [1.29, 1.82) is 0 Å². The quantitative estimate of drug-likeness (QED) is 0.278. The van der Waals surface area contributed by atoms with E-state index in [1.807, 2.05) is 60.7 Å². The van der Waals surface area contributed by atoms with E-state index in [0.717, 1.165) is 34.7 Å². The molecule has 2 heterocycles. The molecule has 0 aliphatic carbocycles. The molecule has 0 aromatic heterocycles. The summed E-state index contributed by atoms with van der Waals surface area (Å²) in [5, 5.41) is 5.72. The molecule has 0 bridgehead atoms. The summed E-state index contributed by atoms with van der Waals surface area (Å²) >= 11 is 12.8. The number of benzene rings is 2. The molecule has 0 saturated carbocycles. The summed E-state index contributed by atoms with van der Waals surface area (Å²) in [6.07, 6.45) is 1.61. The van der Waals surface area contributed by atoms with E-state index >= 15 is 0 Å². The van der Waals surface area contributed by atoms with Gasteiger partial charge in [-0.3, -0.25) is 29.0 Å². The van der Waals surface area contributed by atoms with Gasteiger partial charge in [0.1, 0.15) is 8.64 Å². The predicted octanol–water partition coefficient (Wildman–Crippen LogP) is 3.42. The van der Waals surface area contributed by atoms with Crippen LogP contribution in [0.15, 0.2) is 70.5 Å². The van der Waals surface area contributed by atoms with E-state index in [-0.39, 0.29) is 47.6 Å². The number of carbonyl (C=O) groups excluding carboxylic acids is 4. The van der Waals surface area contributed by atoms with Gasteiger partial charge in [-0.15, -0.1) is 0 Å². The van der Waals surface area contributed by atoms with Crippen molar-refractivity contribution in [3.05, 3.63) is 81.6 Å². The Labute approximate surface area is 252 Å². The number of hydrogen-bond acceptors (Lipinski definition) is 8. The van der Waals surface area contributed by atoms with Gasteiger partial charge in [0, 0.05) is 39.0 Å². The average molecular weight is 613 g/mol. The van der Waals surface area contributed by atoms with Gasteiger partial charge >= 0.3 is 0 Å². The van der Waals surface area contributed by atoms with Crippen LogP contribution in [0.2, 0.25) is 0 Å². The molecule has 2 aliphatic rings. The van der Waals surface area contributed by atoms with Crippen LogP contribution in [-0.4, -0.2) is 68.2 Å². The molecule has 2 aromatic rings. The third-order valence-electron chi connectivity index (χ3n) is 6.19. The minimum Gasteiger partial charge on any atom is -0.356 e. The van der Waals surface area contributed by atoms with Crippen molar-refractivity contribution in [1.82, 2.24) is 20.4 Å². The minimum absolute atomic E-state index is 0.0921. The highest BCUT2D eigenvalue weighted by atomic mass is 32.2. The molecular formula is C28H28N4O4S4. The average Bonchev–Trinajstić information content (AvgIpc) is 3.40. The molecule has 2 fully saturated rings. The summed E-state index contributed by atoms with van der Waals surface area (Å²) in [6, 6.07) is 19.7. The third-order valence-corrected chi connectivity index (χ3v) is 9.21. The van der Waals surface area contributed by atoms with Crippen LogP contribution in [0, 0.1) is 0 Å². The summed E-state index contributed by atoms with van der Waals surface area (Å²) < 4.78 is 0.584. The highest BCUT2D eigenvalue weighted by molar-refractivity contribution is 8.29. The van der Waals surface area contributed by atoms with Crippen LogP contribution in [0.5, 0.6) is 0 Å². The molecule has 0 unspecified atom stereocenters. The van der Waals surface area contributed by atoms with E-state index in [4.69, 9.17) is 24.4 Å². The molecule has 0 atom stereocenters. The maximum Gasteiger partial charge on any atom is 0.267 e. The van der Waals surface area contributed by atoms with Crippen LogP contribution in [0.1, 0.15) is 24.0 Å². The van der Waals surface area contributed by atoms with E-state index in [0.29, 0.717) is 34.6 Å². The molecule has 0 radical (unpaired) electrons. The fraction of sp³-hybridized carbons (Fsp3) is 0.286. The maximum absolute atomic E-state index is 13.1. The molecule has 2 aromatic carbocycles. The lowest BCUT2D eigenvalue weighted by Crippen LogP contribution is -2.35. The van der Waals surface area contributed by atoms with E-state index in [9.17, 15) is 19.2 Å². The molecule has 12 heteroatoms. The molecule has 40 heavy (non-hydrogen) atoms. The van der Waals surface area contributed by atoms with Crippen molar-refractivity contribution < 1.29 is 19.2 Å². The maximum atomic E-state index is 13.1. The Morgan fingerprint density at radius 1 is 0.650 bits per heavy atom. The van der Waals surface area contributed by atoms with Gasteiger partial charge < -0.3 is 10.6 Å². The summed E-state index contributed by atoms with van der Waals surface area (Å²) in [4.78, 5) is 54.0. The normalized spacial score (nSPS) is 17.1. The summed E-state index contributed by atoms with van der Waals surface area (Å²) in [5.41, 5.74) is 2.25. The fourth-order valence-electron chi connectivity index (χ4n) is 4.04. The van der Waals surface area contributed by atoms with Gasteiger partial charge in [0.2, 0.25) is 11.8 Å². The van der Waals surface area contributed by atoms with E-state index in [1.165, 1.54) is 9.80 Å². The third kappa shape index (κ3) is 8.00. The number of carbonyl (C=O) groups is 4. The molecule has 208 valence electrons. The number of thiocarbonyl (C=S) groups is 2. The van der Waals surface area contributed by atoms with Crippen molar-refractivity contribution in [2.24, 2.45) is 0 Å². The lowest BCUT2D eigenvalue weighted by Gasteiger charge is -2.14. The second-order valence-electron chi connectivity index (χ2n) is 8.98. The fourth-order valence-corrected chi connectivity index (χ4v) is 6.81. The van der Waals surface area contributed by atoms with Crippen LogP contribution in [0.4, 0.5) is 0 Å². The van der Waals surface area contributed by atoms with Gasteiger partial charge in [0.05, 0.1) is 9.81 Å². The molecule has 2 aliphatic heterocycles. The first-order valence-electron chi connectivity index (χ1n) is 12.8. The second-order valence-corrected chi connectivity index (χ2v) is 12.3. The molecule has 0 spiro atoms. The molecule has 8 nitrogen and oxygen atoms in total. The van der Waals surface area contributed by atoms with Crippen LogP contribution >= 0.6 is 48.0 Å². The van der Waals surface area contributed by atoms with Gasteiger partial charge in [-0.1, -0.05) is 109 Å². The Balaban J connectivity index is 1.24. The lowest BCUT2D eigenvalue weighted by atomic mass is 10.1. The van der Waals surface area contributed by atoms with Gasteiger partial charge in [0.25, 0.3) is 11.8 Å². The molecular weight excluding hydrogens is 585 g/mol. The van der Waals surface area contributed by atoms with E-state index < -0.39 is 11.8 Å². The Hall–Kier alpha value is -3.06. The number of thioether (sulfide) groups is 2. The van der Waals surface area contributed by atoms with Gasteiger partial charge in [-0.05, 0) is 24.0 Å². The Bertz CT molecular complexity index is 1230. The number of nitrogens with zero attached hydrogens (tertiary/aromatic N) is 2. The SMILES string of the molecule is O=C(CCN1C(=O)C(=C2SC(=S)N(CCC(=O)NCCc3ccccc3)C2=O)SC1=S)NCCc1ccccc1. The second kappa shape index (κ2) is 14.5. The predicted molar refractivity (Wildman–Crippen MR) is 166 cm³/mol. The first-order valence-corrected chi connectivity index (χ1v) is 15.2. The molecule has 4 amide bonds. The molecule has 2 N–H and O–H groups in total. The van der Waals surface area contributed by atoms with Crippen molar-refractivity contribution >= 4 is 80.2 Å². The van der Waals surface area contributed by atoms with E-state index in [1.54, 1.807) is 0 Å². The first-order chi connectivity index (χ1) is 19.3. The summed E-state index contributed by atoms with van der Waals surface area (Å²) in [5.74, 6) is -1.19. The van der Waals surface area contributed by atoms with Crippen molar-refractivity contribution in [2.75, 3.05) is 26.2 Å². The zero-order chi connectivity index (χ0) is 28.5. The summed E-state index contributed by atoms with van der Waals surface area (Å²) in [7, 11) is 0. The molecule has 2 saturated heterocycles. The monoisotopic (exact) mass is 612 g/mol. The zero-order valence-electron chi connectivity index (χ0n) is 21.6. The van der Waals surface area contributed by atoms with Crippen LogP contribution < -0.4 is 10.6 Å². The van der Waals surface area contributed by atoms with Gasteiger partial charge in [0.15, 0.2) is 0 Å². The number of nitrogens with one attached hydrogen (secondary N) is 2. The minimum atomic E-state index is -0.411. The Morgan fingerprint density at radius 3 is 1.40 bits per heavy atom. The zero-order valence-corrected chi connectivity index (χ0v) is 24.9. The standard InChI is InChI=1S/C28H28N4O4S4/c33-21(29-15-11-19-7-3-1-4-8-19)13-17-31-25(35)23(39-27(31)37)24-26(36)32(28(38)40-24)18-14-22(34)30-16-12-20-9-5-2-6-10-20/h1-10H,11-18H2,(H,29,33)(H,30,34). The number of rotatable bonds is 12. The number of amides is 4. The van der Waals surface area contributed by atoms with Crippen molar-refractivity contribution in [3.8, 4) is 0 Å². The lowest BCUT2D eigenvalue weighted by molar-refractivity contribution is -0.126. The topological polar surface area (TPSA) is 98.8 Å². The van der Waals surface area contributed by atoms with Gasteiger partial charge in [-0.2, -0.15) is 0 Å². The highest BCUT2D eigenvalue weighted by Gasteiger charge is 2.42. The Morgan fingerprint density at radius 2 is 1.02 bits per heavy atom.